The molecule has 1 aromatic carbocycles. The Kier molecular flexibility index (Phi) is 4.66. The maximum Gasteiger partial charge on any atom is 0.417 e. The average Bonchev–Trinajstić information content (AvgIpc) is 3.01. The topological polar surface area (TPSA) is 65.5 Å². The van der Waals surface area contributed by atoms with Crippen LogP contribution in [0.15, 0.2) is 24.4 Å². The van der Waals surface area contributed by atoms with Crippen LogP contribution in [0.4, 0.5) is 32.4 Å². The van der Waals surface area contributed by atoms with E-state index in [4.69, 9.17) is 11.6 Å². The highest BCUT2D eigenvalue weighted by Gasteiger charge is 2.49. The lowest BCUT2D eigenvalue weighted by atomic mass is 9.92. The Balaban J connectivity index is 1.64. The standard InChI is InChI=1S/C18H13ClF5N3O2/c19-9-6-11(10(20)5-8(9)18(22,23)24)26-17(29)27-12-1-2-13(27)15(28)14-7(12)3-4-25-16(14)21/h3-6,12-13,15,28H,1-2H2,(H,26,29)/t12?,13?,15-/m1/s1. The molecule has 0 saturated carbocycles. The van der Waals surface area contributed by atoms with Crippen molar-refractivity contribution < 1.29 is 31.9 Å². The van der Waals surface area contributed by atoms with Gasteiger partial charge in [-0.3, -0.25) is 0 Å². The molecular weight excluding hydrogens is 421 g/mol. The molecule has 154 valence electrons. The molecule has 2 amide bonds. The highest BCUT2D eigenvalue weighted by atomic mass is 35.5. The van der Waals surface area contributed by atoms with Crippen molar-refractivity contribution >= 4 is 23.3 Å². The molecule has 2 aliphatic rings. The summed E-state index contributed by atoms with van der Waals surface area (Å²) in [5, 5.41) is 12.0. The number of rotatable bonds is 1. The molecule has 2 bridgehead atoms. The first-order valence-corrected chi connectivity index (χ1v) is 8.95. The first kappa shape index (κ1) is 19.8. The number of carbonyl (C=O) groups excluding carboxylic acids is 1. The summed E-state index contributed by atoms with van der Waals surface area (Å²) in [5.74, 6) is -2.14. The third kappa shape index (κ3) is 3.20. The predicted octanol–water partition coefficient (Wildman–Crippen LogP) is 4.82. The number of hydrogen-bond acceptors (Lipinski definition) is 3. The van der Waals surface area contributed by atoms with E-state index in [0.717, 1.165) is 0 Å². The van der Waals surface area contributed by atoms with Crippen molar-refractivity contribution in [3.63, 3.8) is 0 Å². The summed E-state index contributed by atoms with van der Waals surface area (Å²) in [6.07, 6.45) is -4.17. The predicted molar refractivity (Wildman–Crippen MR) is 92.2 cm³/mol. The maximum atomic E-state index is 14.2. The Hall–Kier alpha value is -2.46. The number of halogens is 6. The number of pyridine rings is 1. The van der Waals surface area contributed by atoms with Gasteiger partial charge in [-0.1, -0.05) is 11.6 Å². The molecule has 2 N–H and O–H groups in total. The van der Waals surface area contributed by atoms with Gasteiger partial charge < -0.3 is 15.3 Å². The molecule has 29 heavy (non-hydrogen) atoms. The smallest absolute Gasteiger partial charge is 0.386 e. The van der Waals surface area contributed by atoms with E-state index in [-0.39, 0.29) is 11.6 Å². The summed E-state index contributed by atoms with van der Waals surface area (Å²) in [7, 11) is 0. The molecule has 1 fully saturated rings. The molecule has 3 atom stereocenters. The fourth-order valence-electron chi connectivity index (χ4n) is 4.02. The van der Waals surface area contributed by atoms with Crippen LogP contribution in [0.2, 0.25) is 5.02 Å². The first-order chi connectivity index (χ1) is 13.6. The lowest BCUT2D eigenvalue weighted by molar-refractivity contribution is -0.137. The van der Waals surface area contributed by atoms with Crippen LogP contribution in [-0.2, 0) is 6.18 Å². The summed E-state index contributed by atoms with van der Waals surface area (Å²) in [4.78, 5) is 17.5. The van der Waals surface area contributed by atoms with Crippen LogP contribution in [0.1, 0.15) is 41.7 Å². The van der Waals surface area contributed by atoms with Gasteiger partial charge in [0.05, 0.1) is 28.4 Å². The molecule has 5 nitrogen and oxygen atoms in total. The second-order valence-corrected chi connectivity index (χ2v) is 7.26. The van der Waals surface area contributed by atoms with Gasteiger partial charge in [0.1, 0.15) is 11.9 Å². The Labute approximate surface area is 166 Å². The Morgan fingerprint density at radius 2 is 2.00 bits per heavy atom. The number of urea groups is 1. The maximum absolute atomic E-state index is 14.2. The first-order valence-electron chi connectivity index (χ1n) is 8.57. The number of hydrogen-bond donors (Lipinski definition) is 2. The minimum atomic E-state index is -4.85. The molecule has 2 aliphatic heterocycles. The minimum Gasteiger partial charge on any atom is -0.386 e. The number of aliphatic hydroxyl groups excluding tert-OH is 1. The number of amides is 2. The number of fused-ring (bicyclic) bond motifs is 4. The van der Waals surface area contributed by atoms with E-state index in [1.54, 1.807) is 0 Å². The summed E-state index contributed by atoms with van der Waals surface area (Å²) < 4.78 is 66.7. The van der Waals surface area contributed by atoms with E-state index >= 15 is 0 Å². The molecule has 0 spiro atoms. The van der Waals surface area contributed by atoms with Gasteiger partial charge in [0.2, 0.25) is 5.95 Å². The van der Waals surface area contributed by atoms with E-state index in [1.807, 2.05) is 0 Å². The summed E-state index contributed by atoms with van der Waals surface area (Å²) in [6, 6.07) is 0.173. The molecule has 0 radical (unpaired) electrons. The van der Waals surface area contributed by atoms with E-state index in [1.165, 1.54) is 17.2 Å². The summed E-state index contributed by atoms with van der Waals surface area (Å²) in [6.45, 7) is 0. The number of anilines is 1. The number of aromatic nitrogens is 1. The lowest BCUT2D eigenvalue weighted by Gasteiger charge is -2.39. The minimum absolute atomic E-state index is 0.0211. The second kappa shape index (κ2) is 6.81. The van der Waals surface area contributed by atoms with E-state index in [2.05, 4.69) is 10.3 Å². The number of alkyl halides is 3. The number of nitrogens with one attached hydrogen (secondary N) is 1. The molecule has 2 aromatic rings. The average molecular weight is 434 g/mol. The van der Waals surface area contributed by atoms with Gasteiger partial charge in [-0.2, -0.15) is 17.6 Å². The van der Waals surface area contributed by atoms with Crippen LogP contribution in [-0.4, -0.2) is 27.1 Å². The van der Waals surface area contributed by atoms with Crippen molar-refractivity contribution in [2.75, 3.05) is 5.32 Å². The molecular formula is C18H13ClF5N3O2. The third-order valence-electron chi connectivity index (χ3n) is 5.26. The highest BCUT2D eigenvalue weighted by Crippen LogP contribution is 2.49. The van der Waals surface area contributed by atoms with Crippen molar-refractivity contribution in [1.82, 2.24) is 9.88 Å². The van der Waals surface area contributed by atoms with Gasteiger partial charge in [0.25, 0.3) is 0 Å². The SMILES string of the molecule is O=C(Nc1cc(Cl)c(C(F)(F)F)cc1F)N1C2CCC1[C@@H](O)c1c2ccnc1F. The quantitative estimate of drug-likeness (QED) is 0.501. The van der Waals surface area contributed by atoms with Crippen LogP contribution in [0.25, 0.3) is 0 Å². The third-order valence-corrected chi connectivity index (χ3v) is 5.57. The van der Waals surface area contributed by atoms with Gasteiger partial charge in [-0.15, -0.1) is 0 Å². The zero-order valence-electron chi connectivity index (χ0n) is 14.5. The molecule has 11 heteroatoms. The monoisotopic (exact) mass is 433 g/mol. The fourth-order valence-corrected chi connectivity index (χ4v) is 4.29. The molecule has 2 unspecified atom stereocenters. The van der Waals surface area contributed by atoms with Crippen LogP contribution in [0.3, 0.4) is 0 Å². The molecule has 4 rings (SSSR count). The largest absolute Gasteiger partial charge is 0.417 e. The Morgan fingerprint density at radius 3 is 2.69 bits per heavy atom. The zero-order valence-corrected chi connectivity index (χ0v) is 15.2. The number of aliphatic hydroxyl groups is 1. The van der Waals surface area contributed by atoms with Crippen LogP contribution >= 0.6 is 11.6 Å². The summed E-state index contributed by atoms with van der Waals surface area (Å²) >= 11 is 5.59. The Morgan fingerprint density at radius 1 is 1.28 bits per heavy atom. The lowest BCUT2D eigenvalue weighted by Crippen LogP contribution is -2.46. The number of benzene rings is 1. The second-order valence-electron chi connectivity index (χ2n) is 6.86. The number of carbonyl (C=O) groups is 1. The van der Waals surface area contributed by atoms with Crippen molar-refractivity contribution in [3.05, 3.63) is 57.9 Å². The van der Waals surface area contributed by atoms with Crippen molar-refractivity contribution in [2.24, 2.45) is 0 Å². The highest BCUT2D eigenvalue weighted by molar-refractivity contribution is 6.31. The van der Waals surface area contributed by atoms with Crippen molar-refractivity contribution in [2.45, 2.75) is 37.2 Å². The van der Waals surface area contributed by atoms with Crippen molar-refractivity contribution in [3.8, 4) is 0 Å². The van der Waals surface area contributed by atoms with Gasteiger partial charge in [0, 0.05) is 11.8 Å². The van der Waals surface area contributed by atoms with Crippen molar-refractivity contribution in [1.29, 1.82) is 0 Å². The van der Waals surface area contributed by atoms with E-state index in [0.29, 0.717) is 24.5 Å². The van der Waals surface area contributed by atoms with Gasteiger partial charge in [-0.05, 0) is 36.6 Å². The Bertz CT molecular complexity index is 1000. The van der Waals surface area contributed by atoms with Crippen LogP contribution in [0.5, 0.6) is 0 Å². The molecule has 0 aliphatic carbocycles. The van der Waals surface area contributed by atoms with Crippen LogP contribution in [0, 0.1) is 11.8 Å². The van der Waals surface area contributed by atoms with Crippen LogP contribution < -0.4 is 5.32 Å². The molecule has 3 heterocycles. The molecule has 1 aromatic heterocycles. The molecule has 1 saturated heterocycles. The van der Waals surface area contributed by atoms with E-state index in [9.17, 15) is 31.9 Å². The fraction of sp³-hybridized carbons (Fsp3) is 0.333. The van der Waals surface area contributed by atoms with E-state index < -0.39 is 58.4 Å². The van der Waals surface area contributed by atoms with Gasteiger partial charge in [-0.25, -0.2) is 14.2 Å². The zero-order chi connectivity index (χ0) is 21.1. The van der Waals surface area contributed by atoms with Gasteiger partial charge >= 0.3 is 12.2 Å². The number of nitrogens with zero attached hydrogens (tertiary/aromatic N) is 2. The van der Waals surface area contributed by atoms with Gasteiger partial charge in [0.15, 0.2) is 0 Å². The summed E-state index contributed by atoms with van der Waals surface area (Å²) in [5.41, 5.74) is -1.48. The normalized spacial score (nSPS) is 23.1.